The summed E-state index contributed by atoms with van der Waals surface area (Å²) in [4.78, 5) is 11.6. The van der Waals surface area contributed by atoms with Crippen molar-refractivity contribution in [2.24, 2.45) is 11.8 Å². The molecule has 1 fully saturated rings. The van der Waals surface area contributed by atoms with Gasteiger partial charge < -0.3 is 14.6 Å². The molecule has 1 N–H and O–H groups in total. The van der Waals surface area contributed by atoms with Crippen molar-refractivity contribution < 1.29 is 19.4 Å². The second-order valence-electron chi connectivity index (χ2n) is 6.52. The second-order valence-corrected chi connectivity index (χ2v) is 7.69. The summed E-state index contributed by atoms with van der Waals surface area (Å²) < 4.78 is 11.7. The summed E-state index contributed by atoms with van der Waals surface area (Å²) in [6.07, 6.45) is 0. The van der Waals surface area contributed by atoms with Gasteiger partial charge >= 0.3 is 5.97 Å². The maximum atomic E-state index is 11.6. The molecule has 138 valence electrons. The van der Waals surface area contributed by atoms with Crippen LogP contribution in [0.3, 0.4) is 0 Å². The zero-order valence-electron chi connectivity index (χ0n) is 14.6. The van der Waals surface area contributed by atoms with Crippen molar-refractivity contribution in [2.75, 3.05) is 19.0 Å². The zero-order chi connectivity index (χ0) is 18.2. The first-order valence-electron chi connectivity index (χ1n) is 8.82. The van der Waals surface area contributed by atoms with Crippen LogP contribution in [0.25, 0.3) is 0 Å². The van der Waals surface area contributed by atoms with Gasteiger partial charge in [0, 0.05) is 5.92 Å². The smallest absolute Gasteiger partial charge is 0.317 e. The van der Waals surface area contributed by atoms with Crippen LogP contribution in [0.4, 0.5) is 0 Å². The Hall–Kier alpha value is -1.82. The van der Waals surface area contributed by atoms with Crippen LogP contribution in [0.15, 0.2) is 60.7 Å². The molecule has 0 saturated carbocycles. The lowest BCUT2D eigenvalue weighted by Gasteiger charge is -2.22. The van der Waals surface area contributed by atoms with Crippen LogP contribution in [-0.4, -0.2) is 35.3 Å². The highest BCUT2D eigenvalue weighted by Gasteiger charge is 2.41. The van der Waals surface area contributed by atoms with Crippen molar-refractivity contribution in [2.45, 2.75) is 18.5 Å². The Kier molecular flexibility index (Phi) is 7.12. The van der Waals surface area contributed by atoms with E-state index in [4.69, 9.17) is 9.47 Å². The van der Waals surface area contributed by atoms with E-state index in [2.05, 4.69) is 0 Å². The van der Waals surface area contributed by atoms with Crippen LogP contribution in [0, 0.1) is 11.8 Å². The average Bonchev–Trinajstić information content (AvgIpc) is 3.07. The largest absolute Gasteiger partial charge is 0.480 e. The number of benzene rings is 2. The number of carboxylic acids is 1. The van der Waals surface area contributed by atoms with Crippen LogP contribution in [0.2, 0.25) is 0 Å². The van der Waals surface area contributed by atoms with E-state index in [9.17, 15) is 9.90 Å². The molecule has 0 radical (unpaired) electrons. The molecule has 4 nitrogen and oxygen atoms in total. The van der Waals surface area contributed by atoms with Gasteiger partial charge in [-0.15, -0.1) is 11.8 Å². The van der Waals surface area contributed by atoms with Crippen molar-refractivity contribution in [3.05, 3.63) is 71.8 Å². The minimum absolute atomic E-state index is 0.0306. The fourth-order valence-corrected chi connectivity index (χ4v) is 4.65. The standard InChI is InChI=1S/C21H24O4S/c22-21(23)20-19(14-25-12-17-9-5-2-6-10-17)18(15-26-20)13-24-11-16-7-3-1-4-8-16/h1-10,18-20H,11-15H2,(H,22,23)/t18-,19+,20?/m0/s1. The van der Waals surface area contributed by atoms with Crippen LogP contribution >= 0.6 is 11.8 Å². The van der Waals surface area contributed by atoms with Gasteiger partial charge in [-0.1, -0.05) is 60.7 Å². The van der Waals surface area contributed by atoms with Crippen LogP contribution in [-0.2, 0) is 27.5 Å². The summed E-state index contributed by atoms with van der Waals surface area (Å²) in [6.45, 7) is 2.06. The molecule has 1 heterocycles. The number of ether oxygens (including phenoxy) is 2. The molecule has 0 amide bonds. The molecule has 26 heavy (non-hydrogen) atoms. The third-order valence-electron chi connectivity index (χ3n) is 4.59. The maximum absolute atomic E-state index is 11.6. The molecule has 0 spiro atoms. The first-order chi connectivity index (χ1) is 12.7. The van der Waals surface area contributed by atoms with Crippen molar-refractivity contribution in [3.8, 4) is 0 Å². The fourth-order valence-electron chi connectivity index (χ4n) is 3.16. The predicted octanol–water partition coefficient (Wildman–Crippen LogP) is 3.85. The van der Waals surface area contributed by atoms with E-state index in [-0.39, 0.29) is 11.8 Å². The van der Waals surface area contributed by atoms with Crippen molar-refractivity contribution in [1.29, 1.82) is 0 Å². The third-order valence-corrected chi connectivity index (χ3v) is 6.12. The van der Waals surface area contributed by atoms with E-state index >= 15 is 0 Å². The molecular weight excluding hydrogens is 348 g/mol. The Morgan fingerprint density at radius 3 is 2.00 bits per heavy atom. The van der Waals surface area contributed by atoms with E-state index in [1.54, 1.807) is 0 Å². The molecule has 2 aromatic carbocycles. The lowest BCUT2D eigenvalue weighted by Crippen LogP contribution is -2.32. The Bertz CT molecular complexity index is 677. The van der Waals surface area contributed by atoms with Gasteiger partial charge in [-0.3, -0.25) is 4.79 Å². The summed E-state index contributed by atoms with van der Waals surface area (Å²) in [6, 6.07) is 20.0. The molecule has 0 aliphatic carbocycles. The van der Waals surface area contributed by atoms with Crippen molar-refractivity contribution in [3.63, 3.8) is 0 Å². The number of rotatable bonds is 9. The molecule has 2 aromatic rings. The van der Waals surface area contributed by atoms with E-state index in [1.807, 2.05) is 60.7 Å². The highest BCUT2D eigenvalue weighted by atomic mass is 32.2. The number of hydrogen-bond acceptors (Lipinski definition) is 4. The number of hydrogen-bond donors (Lipinski definition) is 1. The third kappa shape index (κ3) is 5.34. The predicted molar refractivity (Wildman–Crippen MR) is 103 cm³/mol. The SMILES string of the molecule is O=C(O)C1SC[C@H](COCc2ccccc2)[C@H]1COCc1ccccc1. The Labute approximate surface area is 158 Å². The number of thioether (sulfide) groups is 1. The summed E-state index contributed by atoms with van der Waals surface area (Å²) in [7, 11) is 0. The second kappa shape index (κ2) is 9.76. The van der Waals surface area contributed by atoms with Gasteiger partial charge in [0.05, 0.1) is 26.4 Å². The van der Waals surface area contributed by atoms with E-state index in [0.717, 1.165) is 16.9 Å². The molecule has 1 saturated heterocycles. The summed E-state index contributed by atoms with van der Waals surface area (Å²) in [5.41, 5.74) is 2.23. The fraction of sp³-hybridized carbons (Fsp3) is 0.381. The van der Waals surface area contributed by atoms with E-state index < -0.39 is 11.2 Å². The van der Waals surface area contributed by atoms with Crippen LogP contribution < -0.4 is 0 Å². The highest BCUT2D eigenvalue weighted by Crippen LogP contribution is 2.38. The minimum Gasteiger partial charge on any atom is -0.480 e. The summed E-state index contributed by atoms with van der Waals surface area (Å²) >= 11 is 1.50. The van der Waals surface area contributed by atoms with E-state index in [1.165, 1.54) is 11.8 Å². The quantitative estimate of drug-likeness (QED) is 0.724. The van der Waals surface area contributed by atoms with Gasteiger partial charge in [-0.05, 0) is 22.8 Å². The van der Waals surface area contributed by atoms with Gasteiger partial charge in [0.25, 0.3) is 0 Å². The van der Waals surface area contributed by atoms with Crippen molar-refractivity contribution >= 4 is 17.7 Å². The molecule has 0 aromatic heterocycles. The monoisotopic (exact) mass is 372 g/mol. The van der Waals surface area contributed by atoms with Gasteiger partial charge in [0.15, 0.2) is 0 Å². The lowest BCUT2D eigenvalue weighted by molar-refractivity contribution is -0.138. The van der Waals surface area contributed by atoms with Crippen LogP contribution in [0.1, 0.15) is 11.1 Å². The molecule has 0 bridgehead atoms. The average molecular weight is 372 g/mol. The first-order valence-corrected chi connectivity index (χ1v) is 9.86. The molecule has 1 aliphatic heterocycles. The van der Waals surface area contributed by atoms with Gasteiger partial charge in [0.1, 0.15) is 5.25 Å². The molecular formula is C21H24O4S. The van der Waals surface area contributed by atoms with Crippen molar-refractivity contribution in [1.82, 2.24) is 0 Å². The normalized spacial score (nSPS) is 22.4. The molecule has 3 atom stereocenters. The molecule has 3 rings (SSSR count). The first kappa shape index (κ1) is 19.0. The van der Waals surface area contributed by atoms with Crippen LogP contribution in [0.5, 0.6) is 0 Å². The lowest BCUT2D eigenvalue weighted by atomic mass is 9.92. The Morgan fingerprint density at radius 1 is 0.923 bits per heavy atom. The van der Waals surface area contributed by atoms with Gasteiger partial charge in [-0.2, -0.15) is 0 Å². The maximum Gasteiger partial charge on any atom is 0.317 e. The Morgan fingerprint density at radius 2 is 1.46 bits per heavy atom. The van der Waals surface area contributed by atoms with Gasteiger partial charge in [0.2, 0.25) is 0 Å². The Balaban J connectivity index is 1.51. The number of aliphatic carboxylic acids is 1. The summed E-state index contributed by atoms with van der Waals surface area (Å²) in [5.74, 6) is 0.205. The molecule has 1 unspecified atom stereocenters. The molecule has 1 aliphatic rings. The topological polar surface area (TPSA) is 55.8 Å². The number of carbonyl (C=O) groups is 1. The minimum atomic E-state index is -0.756. The van der Waals surface area contributed by atoms with Gasteiger partial charge in [-0.25, -0.2) is 0 Å². The summed E-state index contributed by atoms with van der Waals surface area (Å²) in [5, 5.41) is 9.08. The highest BCUT2D eigenvalue weighted by molar-refractivity contribution is 8.00. The van der Waals surface area contributed by atoms with E-state index in [0.29, 0.717) is 26.4 Å². The number of carboxylic acid groups (broad SMARTS) is 1. The zero-order valence-corrected chi connectivity index (χ0v) is 15.4. The molecule has 5 heteroatoms.